The van der Waals surface area contributed by atoms with Gasteiger partial charge in [-0.2, -0.15) is 0 Å². The summed E-state index contributed by atoms with van der Waals surface area (Å²) in [6.45, 7) is 6.43. The van der Waals surface area contributed by atoms with Crippen LogP contribution in [-0.4, -0.2) is 47.4 Å². The molecule has 0 saturated carbocycles. The van der Waals surface area contributed by atoms with Gasteiger partial charge in [-0.05, 0) is 38.5 Å². The highest BCUT2D eigenvalue weighted by Gasteiger charge is 2.30. The van der Waals surface area contributed by atoms with Crippen molar-refractivity contribution in [1.29, 1.82) is 0 Å². The Kier molecular flexibility index (Phi) is 7.19. The van der Waals surface area contributed by atoms with Gasteiger partial charge in [-0.15, -0.1) is 0 Å². The summed E-state index contributed by atoms with van der Waals surface area (Å²) >= 11 is 0. The van der Waals surface area contributed by atoms with E-state index in [2.05, 4.69) is 0 Å². The number of nitrogens with zero attached hydrogens (tertiary/aromatic N) is 2. The molecule has 0 N–H and O–H groups in total. The second-order valence-corrected chi connectivity index (χ2v) is 7.40. The predicted molar refractivity (Wildman–Crippen MR) is 103 cm³/mol. The van der Waals surface area contributed by atoms with Gasteiger partial charge in [0.1, 0.15) is 18.9 Å². The van der Waals surface area contributed by atoms with Crippen molar-refractivity contribution in [3.63, 3.8) is 0 Å². The average Bonchev–Trinajstić information content (AvgIpc) is 3.12. The van der Waals surface area contributed by atoms with Crippen molar-refractivity contribution in [2.24, 2.45) is 0 Å². The summed E-state index contributed by atoms with van der Waals surface area (Å²) in [7, 11) is 1.47. The Morgan fingerprint density at radius 2 is 1.70 bits per heavy atom. The molecule has 1 heterocycles. The number of rotatable bonds is 8. The maximum Gasteiger partial charge on any atom is 0.249 e. The number of ether oxygens (including phenoxy) is 1. The smallest absolute Gasteiger partial charge is 0.249 e. The first-order valence-electron chi connectivity index (χ1n) is 8.94. The van der Waals surface area contributed by atoms with Gasteiger partial charge in [0.05, 0.1) is 12.8 Å². The third-order valence-corrected chi connectivity index (χ3v) is 4.17. The maximum absolute atomic E-state index is 13.1. The molecule has 2 amide bonds. The Morgan fingerprint density at radius 1 is 1.00 bits per heavy atom. The lowest BCUT2D eigenvalue weighted by Crippen LogP contribution is -2.52. The number of furan rings is 1. The molecule has 27 heavy (non-hydrogen) atoms. The molecule has 0 fully saturated rings. The summed E-state index contributed by atoms with van der Waals surface area (Å²) in [5.74, 6) is 0.343. The highest BCUT2D eigenvalue weighted by atomic mass is 16.5. The van der Waals surface area contributed by atoms with Crippen LogP contribution in [0.1, 0.15) is 32.1 Å². The monoisotopic (exact) mass is 372 g/mol. The number of carbonyl (C=O) groups is 2. The molecule has 0 spiro atoms. The number of hydrogen-bond acceptors (Lipinski definition) is 4. The lowest BCUT2D eigenvalue weighted by Gasteiger charge is -2.36. The highest BCUT2D eigenvalue weighted by molar-refractivity contribution is 5.86. The van der Waals surface area contributed by atoms with Crippen molar-refractivity contribution in [2.75, 3.05) is 20.3 Å². The first-order chi connectivity index (χ1) is 12.8. The molecule has 6 nitrogen and oxygen atoms in total. The zero-order valence-corrected chi connectivity index (χ0v) is 16.5. The molecular weight excluding hydrogens is 344 g/mol. The topological polar surface area (TPSA) is 63.0 Å². The molecule has 0 atom stereocenters. The summed E-state index contributed by atoms with van der Waals surface area (Å²) in [4.78, 5) is 28.8. The Balaban J connectivity index is 2.19. The number of amides is 2. The van der Waals surface area contributed by atoms with Gasteiger partial charge < -0.3 is 19.0 Å². The molecule has 0 bridgehead atoms. The highest BCUT2D eigenvalue weighted by Crippen LogP contribution is 2.16. The second-order valence-electron chi connectivity index (χ2n) is 7.40. The third-order valence-electron chi connectivity index (χ3n) is 4.17. The molecular formula is C21H28N2O4. The summed E-state index contributed by atoms with van der Waals surface area (Å²) in [5, 5.41) is 0. The van der Waals surface area contributed by atoms with E-state index in [0.717, 1.165) is 5.56 Å². The van der Waals surface area contributed by atoms with Crippen LogP contribution in [0.5, 0.6) is 0 Å². The maximum atomic E-state index is 13.1. The average molecular weight is 372 g/mol. The summed E-state index contributed by atoms with van der Waals surface area (Å²) in [5.41, 5.74) is 0.525. The quantitative estimate of drug-likeness (QED) is 0.714. The van der Waals surface area contributed by atoms with E-state index in [4.69, 9.17) is 9.15 Å². The van der Waals surface area contributed by atoms with E-state index in [9.17, 15) is 9.59 Å². The Morgan fingerprint density at radius 3 is 2.26 bits per heavy atom. The van der Waals surface area contributed by atoms with Crippen LogP contribution in [0.4, 0.5) is 0 Å². The molecule has 146 valence electrons. The first kappa shape index (κ1) is 20.7. The van der Waals surface area contributed by atoms with Gasteiger partial charge in [0, 0.05) is 19.2 Å². The minimum absolute atomic E-state index is 0.0146. The number of benzene rings is 1. The van der Waals surface area contributed by atoms with Crippen molar-refractivity contribution >= 4 is 11.8 Å². The van der Waals surface area contributed by atoms with Crippen molar-refractivity contribution in [3.05, 3.63) is 60.1 Å². The lowest BCUT2D eigenvalue weighted by molar-refractivity contribution is -0.147. The van der Waals surface area contributed by atoms with Gasteiger partial charge in [0.2, 0.25) is 11.8 Å². The SMILES string of the molecule is COCC(=O)N(CC(=O)N(Cc1ccccc1)Cc1ccco1)C(C)(C)C. The van der Waals surface area contributed by atoms with Crippen molar-refractivity contribution in [3.8, 4) is 0 Å². The molecule has 2 aromatic rings. The zero-order valence-electron chi connectivity index (χ0n) is 16.5. The van der Waals surface area contributed by atoms with E-state index in [1.54, 1.807) is 22.1 Å². The molecule has 0 aliphatic heterocycles. The summed E-state index contributed by atoms with van der Waals surface area (Å²) < 4.78 is 10.4. The van der Waals surface area contributed by atoms with E-state index in [0.29, 0.717) is 18.8 Å². The van der Waals surface area contributed by atoms with Crippen LogP contribution >= 0.6 is 0 Å². The van der Waals surface area contributed by atoms with Gasteiger partial charge >= 0.3 is 0 Å². The zero-order chi connectivity index (χ0) is 19.9. The molecule has 1 aromatic carbocycles. The van der Waals surface area contributed by atoms with Crippen LogP contribution < -0.4 is 0 Å². The van der Waals surface area contributed by atoms with Crippen molar-refractivity contribution in [1.82, 2.24) is 9.80 Å². The summed E-state index contributed by atoms with van der Waals surface area (Å²) in [6, 6.07) is 13.4. The van der Waals surface area contributed by atoms with Gasteiger partial charge in [-0.3, -0.25) is 9.59 Å². The number of carbonyl (C=O) groups excluding carboxylic acids is 2. The number of methoxy groups -OCH3 is 1. The third kappa shape index (κ3) is 6.25. The Hall–Kier alpha value is -2.60. The normalized spacial score (nSPS) is 11.3. The molecule has 0 saturated heterocycles. The predicted octanol–water partition coefficient (Wildman–Crippen LogP) is 3.08. The van der Waals surface area contributed by atoms with E-state index < -0.39 is 5.54 Å². The van der Waals surface area contributed by atoms with Crippen LogP contribution in [-0.2, 0) is 27.4 Å². The number of hydrogen-bond donors (Lipinski definition) is 0. The lowest BCUT2D eigenvalue weighted by atomic mass is 10.1. The van der Waals surface area contributed by atoms with E-state index in [1.165, 1.54) is 7.11 Å². The van der Waals surface area contributed by atoms with Crippen molar-refractivity contribution < 1.29 is 18.7 Å². The molecule has 0 aliphatic carbocycles. The second kappa shape index (κ2) is 9.37. The Bertz CT molecular complexity index is 720. The fourth-order valence-electron chi connectivity index (χ4n) is 2.76. The Labute approximate surface area is 160 Å². The largest absolute Gasteiger partial charge is 0.467 e. The summed E-state index contributed by atoms with van der Waals surface area (Å²) in [6.07, 6.45) is 1.59. The van der Waals surface area contributed by atoms with E-state index in [1.807, 2.05) is 57.2 Å². The fourth-order valence-corrected chi connectivity index (χ4v) is 2.76. The molecule has 0 unspecified atom stereocenters. The van der Waals surface area contributed by atoms with Crippen LogP contribution in [0.25, 0.3) is 0 Å². The van der Waals surface area contributed by atoms with E-state index in [-0.39, 0.29) is 25.0 Å². The van der Waals surface area contributed by atoms with Crippen LogP contribution in [0, 0.1) is 0 Å². The van der Waals surface area contributed by atoms with Crippen LogP contribution in [0.2, 0.25) is 0 Å². The molecule has 1 aromatic heterocycles. The van der Waals surface area contributed by atoms with Crippen LogP contribution in [0.3, 0.4) is 0 Å². The molecule has 6 heteroatoms. The fraction of sp³-hybridized carbons (Fsp3) is 0.429. The minimum Gasteiger partial charge on any atom is -0.467 e. The van der Waals surface area contributed by atoms with Gasteiger partial charge in [0.15, 0.2) is 0 Å². The van der Waals surface area contributed by atoms with Gasteiger partial charge in [0.25, 0.3) is 0 Å². The molecule has 2 rings (SSSR count). The standard InChI is InChI=1S/C21H28N2O4/c1-21(2,3)23(20(25)16-26-4)15-19(24)22(14-18-11-8-12-27-18)13-17-9-6-5-7-10-17/h5-12H,13-16H2,1-4H3. The van der Waals surface area contributed by atoms with Crippen LogP contribution in [0.15, 0.2) is 53.1 Å². The van der Waals surface area contributed by atoms with E-state index >= 15 is 0 Å². The van der Waals surface area contributed by atoms with Crippen molar-refractivity contribution in [2.45, 2.75) is 39.4 Å². The van der Waals surface area contributed by atoms with Gasteiger partial charge in [-0.1, -0.05) is 30.3 Å². The molecule has 0 radical (unpaired) electrons. The minimum atomic E-state index is -0.492. The molecule has 0 aliphatic rings. The van der Waals surface area contributed by atoms with Gasteiger partial charge in [-0.25, -0.2) is 0 Å². The first-order valence-corrected chi connectivity index (χ1v) is 8.94.